The fourth-order valence-electron chi connectivity index (χ4n) is 1.76. The Balaban J connectivity index is 2.47. The Morgan fingerprint density at radius 2 is 2.05 bits per heavy atom. The first-order chi connectivity index (χ1) is 9.08. The summed E-state index contributed by atoms with van der Waals surface area (Å²) in [6, 6.07) is 3.56. The number of hydrogen-bond acceptors (Lipinski definition) is 5. The van der Waals surface area contributed by atoms with Crippen LogP contribution in [0.4, 0.5) is 0 Å². The van der Waals surface area contributed by atoms with E-state index in [2.05, 4.69) is 20.9 Å². The van der Waals surface area contributed by atoms with Gasteiger partial charge in [0, 0.05) is 16.6 Å². The van der Waals surface area contributed by atoms with Gasteiger partial charge in [0.15, 0.2) is 0 Å². The Kier molecular flexibility index (Phi) is 4.44. The van der Waals surface area contributed by atoms with Crippen molar-refractivity contribution in [3.05, 3.63) is 38.3 Å². The normalized spacial score (nSPS) is 12.3. The number of aromatic nitrogens is 1. The Morgan fingerprint density at radius 1 is 1.32 bits per heavy atom. The molecule has 0 fully saturated rings. The molecule has 6 heteroatoms. The first kappa shape index (κ1) is 14.3. The molecule has 0 saturated heterocycles. The van der Waals surface area contributed by atoms with Crippen molar-refractivity contribution in [2.45, 2.75) is 13.0 Å². The van der Waals surface area contributed by atoms with E-state index in [1.807, 2.05) is 12.3 Å². The SMILES string of the molecule is COc1ccc(C(O)c2nc(C)cs2)c(OC)c1Br. The number of nitrogens with zero attached hydrogens (tertiary/aromatic N) is 1. The van der Waals surface area contributed by atoms with Crippen LogP contribution in [0.3, 0.4) is 0 Å². The highest BCUT2D eigenvalue weighted by molar-refractivity contribution is 9.10. The van der Waals surface area contributed by atoms with E-state index in [-0.39, 0.29) is 0 Å². The van der Waals surface area contributed by atoms with Crippen molar-refractivity contribution in [1.29, 1.82) is 0 Å². The minimum atomic E-state index is -0.809. The molecule has 102 valence electrons. The Labute approximate surface area is 124 Å². The zero-order chi connectivity index (χ0) is 14.0. The summed E-state index contributed by atoms with van der Waals surface area (Å²) < 4.78 is 11.3. The van der Waals surface area contributed by atoms with E-state index in [0.29, 0.717) is 26.5 Å². The molecule has 0 aliphatic rings. The molecule has 0 amide bonds. The number of benzene rings is 1. The zero-order valence-corrected chi connectivity index (χ0v) is 13.2. The molecule has 1 heterocycles. The van der Waals surface area contributed by atoms with Crippen LogP contribution < -0.4 is 9.47 Å². The first-order valence-corrected chi connectivity index (χ1v) is 7.26. The van der Waals surface area contributed by atoms with Gasteiger partial charge in [-0.2, -0.15) is 0 Å². The summed E-state index contributed by atoms with van der Waals surface area (Å²) in [5, 5.41) is 13.0. The van der Waals surface area contributed by atoms with Gasteiger partial charge in [0.05, 0.1) is 14.2 Å². The second-order valence-corrected chi connectivity index (χ2v) is 5.62. The number of hydrogen-bond donors (Lipinski definition) is 1. The standard InChI is InChI=1S/C13H14BrNO3S/c1-7-6-19-13(15-7)11(16)8-4-5-9(17-2)10(14)12(8)18-3/h4-6,11,16H,1-3H3. The van der Waals surface area contributed by atoms with Crippen molar-refractivity contribution in [2.24, 2.45) is 0 Å². The van der Waals surface area contributed by atoms with Crippen molar-refractivity contribution < 1.29 is 14.6 Å². The summed E-state index contributed by atoms with van der Waals surface area (Å²) >= 11 is 4.84. The molecule has 0 aliphatic carbocycles. The minimum absolute atomic E-state index is 0.555. The number of thiazole rings is 1. The second kappa shape index (κ2) is 5.90. The molecule has 1 aromatic carbocycles. The number of aliphatic hydroxyl groups is 1. The molecule has 2 rings (SSSR count). The van der Waals surface area contributed by atoms with Crippen molar-refractivity contribution in [2.75, 3.05) is 14.2 Å². The summed E-state index contributed by atoms with van der Waals surface area (Å²) in [6.07, 6.45) is -0.809. The first-order valence-electron chi connectivity index (χ1n) is 5.59. The van der Waals surface area contributed by atoms with Crippen LogP contribution in [0, 0.1) is 6.92 Å². The van der Waals surface area contributed by atoms with Crippen LogP contribution in [0.25, 0.3) is 0 Å². The molecule has 1 atom stereocenters. The highest BCUT2D eigenvalue weighted by Crippen LogP contribution is 2.41. The van der Waals surface area contributed by atoms with Gasteiger partial charge in [0.2, 0.25) is 0 Å². The maximum atomic E-state index is 10.4. The van der Waals surface area contributed by atoms with Crippen molar-refractivity contribution in [3.63, 3.8) is 0 Å². The van der Waals surface area contributed by atoms with Crippen LogP contribution in [0.15, 0.2) is 22.0 Å². The quantitative estimate of drug-likeness (QED) is 0.925. The number of halogens is 1. The van der Waals surface area contributed by atoms with E-state index < -0.39 is 6.10 Å². The van der Waals surface area contributed by atoms with Crippen LogP contribution >= 0.6 is 27.3 Å². The third-order valence-corrected chi connectivity index (χ3v) is 4.45. The van der Waals surface area contributed by atoms with Crippen LogP contribution in [0.5, 0.6) is 11.5 Å². The number of aryl methyl sites for hydroxylation is 1. The van der Waals surface area contributed by atoms with Gasteiger partial charge < -0.3 is 14.6 Å². The van der Waals surface area contributed by atoms with Gasteiger partial charge in [0.25, 0.3) is 0 Å². The van der Waals surface area contributed by atoms with E-state index >= 15 is 0 Å². The molecule has 0 aliphatic heterocycles. The third-order valence-electron chi connectivity index (χ3n) is 2.68. The fourth-order valence-corrected chi connectivity index (χ4v) is 3.25. The summed E-state index contributed by atoms with van der Waals surface area (Å²) in [5.41, 5.74) is 1.55. The Morgan fingerprint density at radius 3 is 2.58 bits per heavy atom. The van der Waals surface area contributed by atoms with Gasteiger partial charge in [-0.1, -0.05) is 0 Å². The van der Waals surface area contributed by atoms with Crippen LogP contribution in [0.2, 0.25) is 0 Å². The molecule has 2 aromatic rings. The van der Waals surface area contributed by atoms with Crippen LogP contribution in [-0.4, -0.2) is 24.3 Å². The highest BCUT2D eigenvalue weighted by atomic mass is 79.9. The molecule has 0 spiro atoms. The number of methoxy groups -OCH3 is 2. The minimum Gasteiger partial charge on any atom is -0.495 e. The fraction of sp³-hybridized carbons (Fsp3) is 0.308. The van der Waals surface area contributed by atoms with E-state index in [4.69, 9.17) is 9.47 Å². The monoisotopic (exact) mass is 343 g/mol. The summed E-state index contributed by atoms with van der Waals surface area (Å²) in [6.45, 7) is 1.90. The van der Waals surface area contributed by atoms with E-state index in [1.165, 1.54) is 11.3 Å². The van der Waals surface area contributed by atoms with Crippen LogP contribution in [0.1, 0.15) is 22.4 Å². The van der Waals surface area contributed by atoms with Crippen molar-refractivity contribution >= 4 is 27.3 Å². The average Bonchev–Trinajstić information content (AvgIpc) is 2.84. The molecule has 1 N–H and O–H groups in total. The number of ether oxygens (including phenoxy) is 2. The van der Waals surface area contributed by atoms with Crippen LogP contribution in [-0.2, 0) is 0 Å². The van der Waals surface area contributed by atoms with Gasteiger partial charge in [-0.3, -0.25) is 0 Å². The van der Waals surface area contributed by atoms with E-state index in [1.54, 1.807) is 26.4 Å². The second-order valence-electron chi connectivity index (χ2n) is 3.93. The van der Waals surface area contributed by atoms with Gasteiger partial charge in [-0.05, 0) is 35.0 Å². The molecule has 0 saturated carbocycles. The molecule has 19 heavy (non-hydrogen) atoms. The summed E-state index contributed by atoms with van der Waals surface area (Å²) in [7, 11) is 3.14. The molecule has 0 radical (unpaired) electrons. The lowest BCUT2D eigenvalue weighted by Crippen LogP contribution is -2.03. The van der Waals surface area contributed by atoms with Gasteiger partial charge >= 0.3 is 0 Å². The van der Waals surface area contributed by atoms with Gasteiger partial charge in [-0.15, -0.1) is 11.3 Å². The molecular formula is C13H14BrNO3S. The van der Waals surface area contributed by atoms with Crippen molar-refractivity contribution in [1.82, 2.24) is 4.98 Å². The Bertz CT molecular complexity index is 585. The third kappa shape index (κ3) is 2.75. The summed E-state index contributed by atoms with van der Waals surface area (Å²) in [4.78, 5) is 4.30. The highest BCUT2D eigenvalue weighted by Gasteiger charge is 2.22. The summed E-state index contributed by atoms with van der Waals surface area (Å²) in [5.74, 6) is 1.21. The maximum absolute atomic E-state index is 10.4. The zero-order valence-electron chi connectivity index (χ0n) is 10.8. The molecule has 0 bridgehead atoms. The molecule has 1 unspecified atom stereocenters. The lowest BCUT2D eigenvalue weighted by molar-refractivity contribution is 0.213. The van der Waals surface area contributed by atoms with E-state index in [9.17, 15) is 5.11 Å². The topological polar surface area (TPSA) is 51.6 Å². The average molecular weight is 344 g/mol. The van der Waals surface area contributed by atoms with Gasteiger partial charge in [0.1, 0.15) is 27.1 Å². The lowest BCUT2D eigenvalue weighted by atomic mass is 10.1. The van der Waals surface area contributed by atoms with Crippen molar-refractivity contribution in [3.8, 4) is 11.5 Å². The predicted molar refractivity (Wildman–Crippen MR) is 78.2 cm³/mol. The number of aliphatic hydroxyl groups excluding tert-OH is 1. The number of rotatable bonds is 4. The lowest BCUT2D eigenvalue weighted by Gasteiger charge is -2.16. The molecular weight excluding hydrogens is 330 g/mol. The molecule has 1 aromatic heterocycles. The maximum Gasteiger partial charge on any atom is 0.143 e. The Hall–Kier alpha value is -1.11. The predicted octanol–water partition coefficient (Wildman–Crippen LogP) is 3.31. The molecule has 4 nitrogen and oxygen atoms in total. The van der Waals surface area contributed by atoms with E-state index in [0.717, 1.165) is 5.69 Å². The van der Waals surface area contributed by atoms with Gasteiger partial charge in [-0.25, -0.2) is 4.98 Å². The smallest absolute Gasteiger partial charge is 0.143 e. The largest absolute Gasteiger partial charge is 0.495 e.